The zero-order chi connectivity index (χ0) is 19.4. The molecule has 1 saturated heterocycles. The van der Waals surface area contributed by atoms with E-state index in [0.717, 1.165) is 18.8 Å². The molecule has 6 nitrogen and oxygen atoms in total. The highest BCUT2D eigenvalue weighted by Crippen LogP contribution is 2.21. The molecule has 0 radical (unpaired) electrons. The van der Waals surface area contributed by atoms with Gasteiger partial charge in [0.25, 0.3) is 5.91 Å². The second-order valence-electron chi connectivity index (χ2n) is 6.74. The number of benzene rings is 1. The summed E-state index contributed by atoms with van der Waals surface area (Å²) in [5, 5.41) is 3.36. The average Bonchev–Trinajstić information content (AvgIpc) is 3.00. The van der Waals surface area contributed by atoms with E-state index in [0.29, 0.717) is 48.1 Å². The van der Waals surface area contributed by atoms with Gasteiger partial charge in [0, 0.05) is 39.1 Å². The van der Waals surface area contributed by atoms with Crippen molar-refractivity contribution in [1.29, 1.82) is 0 Å². The Labute approximate surface area is 164 Å². The Balaban J connectivity index is 1.44. The van der Waals surface area contributed by atoms with Gasteiger partial charge in [-0.25, -0.2) is 0 Å². The van der Waals surface area contributed by atoms with Crippen LogP contribution < -0.4 is 5.32 Å². The van der Waals surface area contributed by atoms with Crippen LogP contribution in [-0.2, 0) is 4.79 Å². The number of rotatable bonds is 5. The molecule has 0 spiro atoms. The molecule has 27 heavy (non-hydrogen) atoms. The van der Waals surface area contributed by atoms with Crippen molar-refractivity contribution in [1.82, 2.24) is 9.80 Å². The quantitative estimate of drug-likeness (QED) is 0.851. The van der Waals surface area contributed by atoms with Gasteiger partial charge in [0.1, 0.15) is 11.5 Å². The molecule has 0 unspecified atom stereocenters. The molecule has 1 N–H and O–H groups in total. The molecule has 2 heterocycles. The van der Waals surface area contributed by atoms with Crippen LogP contribution in [0.1, 0.15) is 28.3 Å². The van der Waals surface area contributed by atoms with Crippen LogP contribution in [0.4, 0.5) is 5.69 Å². The van der Waals surface area contributed by atoms with E-state index in [1.807, 2.05) is 30.9 Å². The fourth-order valence-electron chi connectivity index (χ4n) is 3.22. The van der Waals surface area contributed by atoms with Crippen LogP contribution in [0.2, 0.25) is 5.02 Å². The number of hydrogen-bond donors (Lipinski definition) is 1. The smallest absolute Gasteiger partial charge is 0.257 e. The van der Waals surface area contributed by atoms with E-state index in [-0.39, 0.29) is 11.8 Å². The van der Waals surface area contributed by atoms with Crippen LogP contribution in [-0.4, -0.2) is 54.3 Å². The van der Waals surface area contributed by atoms with E-state index >= 15 is 0 Å². The lowest BCUT2D eigenvalue weighted by Crippen LogP contribution is -2.49. The van der Waals surface area contributed by atoms with Crippen LogP contribution in [0.3, 0.4) is 0 Å². The fraction of sp³-hybridized carbons (Fsp3) is 0.400. The highest BCUT2D eigenvalue weighted by molar-refractivity contribution is 6.33. The summed E-state index contributed by atoms with van der Waals surface area (Å²) < 4.78 is 5.46. The van der Waals surface area contributed by atoms with Crippen molar-refractivity contribution in [3.05, 3.63) is 52.4 Å². The molecule has 1 aliphatic heterocycles. The Bertz CT molecular complexity index is 826. The SMILES string of the molecule is Cc1cc(C(=O)N2CCN(CCC(=O)Nc3ccccc3Cl)CC2)c(C)o1. The summed E-state index contributed by atoms with van der Waals surface area (Å²) in [6.45, 7) is 7.11. The standard InChI is InChI=1S/C20H24ClN3O3/c1-14-13-16(15(2)27-14)20(26)24-11-9-23(10-12-24)8-7-19(25)22-18-6-4-3-5-17(18)21/h3-6,13H,7-12H2,1-2H3,(H,22,25). The number of piperazine rings is 1. The molecule has 1 fully saturated rings. The molecule has 1 aliphatic rings. The molecule has 144 valence electrons. The number of anilines is 1. The first-order valence-electron chi connectivity index (χ1n) is 9.07. The van der Waals surface area contributed by atoms with Crippen molar-refractivity contribution in [3.8, 4) is 0 Å². The van der Waals surface area contributed by atoms with Crippen LogP contribution in [0.25, 0.3) is 0 Å². The lowest BCUT2D eigenvalue weighted by molar-refractivity contribution is -0.116. The number of nitrogens with zero attached hydrogens (tertiary/aromatic N) is 2. The number of furan rings is 1. The van der Waals surface area contributed by atoms with Gasteiger partial charge in [-0.2, -0.15) is 0 Å². The maximum Gasteiger partial charge on any atom is 0.257 e. The monoisotopic (exact) mass is 389 g/mol. The predicted octanol–water partition coefficient (Wildman–Crippen LogP) is 3.34. The van der Waals surface area contributed by atoms with Gasteiger partial charge >= 0.3 is 0 Å². The zero-order valence-corrected chi connectivity index (χ0v) is 16.4. The van der Waals surface area contributed by atoms with Gasteiger partial charge in [-0.3, -0.25) is 14.5 Å². The van der Waals surface area contributed by atoms with E-state index in [4.69, 9.17) is 16.0 Å². The lowest BCUT2D eigenvalue weighted by Gasteiger charge is -2.34. The Hall–Kier alpha value is -2.31. The summed E-state index contributed by atoms with van der Waals surface area (Å²) in [5.41, 5.74) is 1.27. The second-order valence-corrected chi connectivity index (χ2v) is 7.15. The van der Waals surface area contributed by atoms with Crippen molar-refractivity contribution in [2.75, 3.05) is 38.0 Å². The normalized spacial score (nSPS) is 15.0. The average molecular weight is 390 g/mol. The number of hydrogen-bond acceptors (Lipinski definition) is 4. The first-order chi connectivity index (χ1) is 12.9. The number of carbonyl (C=O) groups is 2. The number of nitrogens with one attached hydrogen (secondary N) is 1. The molecule has 0 aliphatic carbocycles. The van der Waals surface area contributed by atoms with Gasteiger partial charge < -0.3 is 14.6 Å². The molecule has 0 saturated carbocycles. The van der Waals surface area contributed by atoms with Crippen molar-refractivity contribution >= 4 is 29.1 Å². The second kappa shape index (κ2) is 8.59. The molecule has 3 rings (SSSR count). The first-order valence-corrected chi connectivity index (χ1v) is 9.45. The highest BCUT2D eigenvalue weighted by atomic mass is 35.5. The van der Waals surface area contributed by atoms with E-state index < -0.39 is 0 Å². The molecule has 1 aromatic carbocycles. The Morgan fingerprint density at radius 1 is 1.15 bits per heavy atom. The summed E-state index contributed by atoms with van der Waals surface area (Å²) >= 11 is 6.06. The number of halogens is 1. The topological polar surface area (TPSA) is 65.8 Å². The Kier molecular flexibility index (Phi) is 6.19. The molecule has 1 aromatic heterocycles. The predicted molar refractivity (Wildman–Crippen MR) is 105 cm³/mol. The van der Waals surface area contributed by atoms with Crippen LogP contribution in [0.5, 0.6) is 0 Å². The zero-order valence-electron chi connectivity index (χ0n) is 15.6. The third-order valence-electron chi connectivity index (χ3n) is 4.73. The molecule has 7 heteroatoms. The number of amides is 2. The maximum absolute atomic E-state index is 12.6. The van der Waals surface area contributed by atoms with Gasteiger partial charge in [0.15, 0.2) is 0 Å². The van der Waals surface area contributed by atoms with Gasteiger partial charge in [-0.05, 0) is 32.0 Å². The van der Waals surface area contributed by atoms with Crippen LogP contribution in [0, 0.1) is 13.8 Å². The van der Waals surface area contributed by atoms with Crippen molar-refractivity contribution < 1.29 is 14.0 Å². The highest BCUT2D eigenvalue weighted by Gasteiger charge is 2.24. The van der Waals surface area contributed by atoms with Crippen molar-refractivity contribution in [2.45, 2.75) is 20.3 Å². The third-order valence-corrected chi connectivity index (χ3v) is 5.06. The molecular formula is C20H24ClN3O3. The van der Waals surface area contributed by atoms with E-state index in [1.54, 1.807) is 18.2 Å². The third kappa shape index (κ3) is 4.90. The fourth-order valence-corrected chi connectivity index (χ4v) is 3.41. The van der Waals surface area contributed by atoms with Crippen molar-refractivity contribution in [2.24, 2.45) is 0 Å². The summed E-state index contributed by atoms with van der Waals surface area (Å²) in [5.74, 6) is 1.36. The summed E-state index contributed by atoms with van der Waals surface area (Å²) in [4.78, 5) is 28.8. The summed E-state index contributed by atoms with van der Waals surface area (Å²) in [6, 6.07) is 8.98. The Morgan fingerprint density at radius 2 is 1.85 bits per heavy atom. The van der Waals surface area contributed by atoms with Gasteiger partial charge in [-0.15, -0.1) is 0 Å². The number of para-hydroxylation sites is 1. The Morgan fingerprint density at radius 3 is 2.48 bits per heavy atom. The van der Waals surface area contributed by atoms with Crippen LogP contribution >= 0.6 is 11.6 Å². The maximum atomic E-state index is 12.6. The van der Waals surface area contributed by atoms with E-state index in [2.05, 4.69) is 10.2 Å². The molecule has 0 atom stereocenters. The molecule has 2 aromatic rings. The van der Waals surface area contributed by atoms with Gasteiger partial charge in [0.2, 0.25) is 5.91 Å². The van der Waals surface area contributed by atoms with Crippen molar-refractivity contribution in [3.63, 3.8) is 0 Å². The van der Waals surface area contributed by atoms with E-state index in [9.17, 15) is 9.59 Å². The molecular weight excluding hydrogens is 366 g/mol. The summed E-state index contributed by atoms with van der Waals surface area (Å²) in [7, 11) is 0. The first kappa shape index (κ1) is 19.5. The van der Waals surface area contributed by atoms with Gasteiger partial charge in [-0.1, -0.05) is 23.7 Å². The van der Waals surface area contributed by atoms with E-state index in [1.165, 1.54) is 0 Å². The van der Waals surface area contributed by atoms with Crippen LogP contribution in [0.15, 0.2) is 34.7 Å². The summed E-state index contributed by atoms with van der Waals surface area (Å²) in [6.07, 6.45) is 0.388. The lowest BCUT2D eigenvalue weighted by atomic mass is 10.2. The minimum absolute atomic E-state index is 0.0143. The number of carbonyl (C=O) groups excluding carboxylic acids is 2. The molecule has 0 bridgehead atoms. The molecule has 2 amide bonds. The van der Waals surface area contributed by atoms with Gasteiger partial charge in [0.05, 0.1) is 16.3 Å². The minimum atomic E-state index is -0.0638. The minimum Gasteiger partial charge on any atom is -0.466 e. The number of aryl methyl sites for hydroxylation is 2. The largest absolute Gasteiger partial charge is 0.466 e.